The average molecular weight is 311 g/mol. The van der Waals surface area contributed by atoms with Crippen molar-refractivity contribution < 1.29 is 9.53 Å². The summed E-state index contributed by atoms with van der Waals surface area (Å²) in [6.07, 6.45) is 0.552. The van der Waals surface area contributed by atoms with Crippen LogP contribution in [0.2, 0.25) is 5.02 Å². The Hall–Kier alpha value is -1.26. The highest BCUT2D eigenvalue weighted by Gasteiger charge is 2.40. The molecule has 0 bridgehead atoms. The average Bonchev–Trinajstić information content (AvgIpc) is 3.04. The maximum Gasteiger partial charge on any atom is 0.407 e. The molecule has 2 rings (SSSR count). The van der Waals surface area contributed by atoms with Crippen LogP contribution in [-0.4, -0.2) is 23.8 Å². The van der Waals surface area contributed by atoms with E-state index in [2.05, 4.69) is 17.6 Å². The minimum atomic E-state index is -0.466. The lowest BCUT2D eigenvalue weighted by Crippen LogP contribution is -2.37. The van der Waals surface area contributed by atoms with Gasteiger partial charge < -0.3 is 15.4 Å². The smallest absolute Gasteiger partial charge is 0.407 e. The molecule has 3 atom stereocenters. The van der Waals surface area contributed by atoms with E-state index in [1.807, 2.05) is 45.0 Å². The lowest BCUT2D eigenvalue weighted by molar-refractivity contribution is 0.0522. The zero-order valence-corrected chi connectivity index (χ0v) is 13.7. The first-order valence-electron chi connectivity index (χ1n) is 7.26. The van der Waals surface area contributed by atoms with E-state index in [9.17, 15) is 4.79 Å². The number of alkyl carbamates (subject to hydrolysis) is 1. The summed E-state index contributed by atoms with van der Waals surface area (Å²) in [5.41, 5.74) is 0.606. The molecule has 2 N–H and O–H groups in total. The van der Waals surface area contributed by atoms with E-state index in [0.29, 0.717) is 0 Å². The van der Waals surface area contributed by atoms with Crippen LogP contribution in [-0.2, 0) is 4.74 Å². The highest BCUT2D eigenvalue weighted by molar-refractivity contribution is 6.31. The van der Waals surface area contributed by atoms with Crippen molar-refractivity contribution in [3.8, 4) is 0 Å². The van der Waals surface area contributed by atoms with Crippen LogP contribution in [0.4, 0.5) is 4.79 Å². The van der Waals surface area contributed by atoms with Crippen molar-refractivity contribution in [3.63, 3.8) is 0 Å². The van der Waals surface area contributed by atoms with Crippen LogP contribution in [0.3, 0.4) is 0 Å². The maximum absolute atomic E-state index is 11.7. The third-order valence-corrected chi connectivity index (χ3v) is 3.67. The SMILES string of the molecule is CC(NC1CC1NC(=O)OC(C)(C)C)c1ccccc1Cl. The summed E-state index contributed by atoms with van der Waals surface area (Å²) >= 11 is 6.19. The molecule has 0 aliphatic heterocycles. The van der Waals surface area contributed by atoms with E-state index < -0.39 is 5.60 Å². The number of hydrogen-bond acceptors (Lipinski definition) is 3. The van der Waals surface area contributed by atoms with Gasteiger partial charge in [-0.2, -0.15) is 0 Å². The molecule has 1 amide bonds. The minimum absolute atomic E-state index is 0.129. The molecular formula is C16H23ClN2O2. The van der Waals surface area contributed by atoms with Gasteiger partial charge in [-0.3, -0.25) is 0 Å². The van der Waals surface area contributed by atoms with Gasteiger partial charge in [-0.25, -0.2) is 4.79 Å². The van der Waals surface area contributed by atoms with Gasteiger partial charge in [-0.1, -0.05) is 29.8 Å². The molecule has 0 radical (unpaired) electrons. The molecule has 4 nitrogen and oxygen atoms in total. The summed E-state index contributed by atoms with van der Waals surface area (Å²) in [6.45, 7) is 7.64. The van der Waals surface area contributed by atoms with Gasteiger partial charge in [0.05, 0.1) is 0 Å². The maximum atomic E-state index is 11.7. The van der Waals surface area contributed by atoms with Gasteiger partial charge >= 0.3 is 6.09 Å². The first-order valence-corrected chi connectivity index (χ1v) is 7.64. The Labute approximate surface area is 131 Å². The van der Waals surface area contributed by atoms with E-state index in [-0.39, 0.29) is 24.2 Å². The molecule has 21 heavy (non-hydrogen) atoms. The van der Waals surface area contributed by atoms with Crippen molar-refractivity contribution in [1.29, 1.82) is 0 Å². The summed E-state index contributed by atoms with van der Waals surface area (Å²) in [5, 5.41) is 7.11. The Morgan fingerprint density at radius 1 is 1.33 bits per heavy atom. The third-order valence-electron chi connectivity index (χ3n) is 3.33. The molecule has 116 valence electrons. The van der Waals surface area contributed by atoms with Crippen molar-refractivity contribution in [3.05, 3.63) is 34.9 Å². The number of hydrogen-bond donors (Lipinski definition) is 2. The fourth-order valence-corrected chi connectivity index (χ4v) is 2.53. The Morgan fingerprint density at radius 2 is 2.00 bits per heavy atom. The predicted molar refractivity (Wildman–Crippen MR) is 84.6 cm³/mol. The van der Waals surface area contributed by atoms with Crippen LogP contribution >= 0.6 is 11.6 Å². The molecule has 1 aliphatic carbocycles. The van der Waals surface area contributed by atoms with E-state index in [1.54, 1.807) is 0 Å². The normalized spacial score (nSPS) is 22.5. The van der Waals surface area contributed by atoms with Crippen molar-refractivity contribution in [2.45, 2.75) is 57.8 Å². The molecule has 0 spiro atoms. The van der Waals surface area contributed by atoms with Gasteiger partial charge in [-0.05, 0) is 45.7 Å². The number of carbonyl (C=O) groups excluding carboxylic acids is 1. The van der Waals surface area contributed by atoms with Gasteiger partial charge in [-0.15, -0.1) is 0 Å². The Bertz CT molecular complexity index is 513. The quantitative estimate of drug-likeness (QED) is 0.892. The number of ether oxygens (including phenoxy) is 1. The molecule has 3 unspecified atom stereocenters. The Morgan fingerprint density at radius 3 is 2.62 bits per heavy atom. The topological polar surface area (TPSA) is 50.4 Å². The van der Waals surface area contributed by atoms with Crippen LogP contribution in [0.1, 0.15) is 45.7 Å². The fourth-order valence-electron chi connectivity index (χ4n) is 2.23. The van der Waals surface area contributed by atoms with Crippen molar-refractivity contribution in [2.24, 2.45) is 0 Å². The number of halogens is 1. The second-order valence-corrected chi connectivity index (χ2v) is 6.91. The molecule has 1 aliphatic rings. The van der Waals surface area contributed by atoms with E-state index in [1.165, 1.54) is 0 Å². The van der Waals surface area contributed by atoms with Gasteiger partial charge in [0.2, 0.25) is 0 Å². The lowest BCUT2D eigenvalue weighted by atomic mass is 10.1. The largest absolute Gasteiger partial charge is 0.444 e. The van der Waals surface area contributed by atoms with E-state index >= 15 is 0 Å². The molecule has 1 aromatic rings. The number of benzene rings is 1. The Kier molecular flexibility index (Phi) is 4.79. The molecule has 5 heteroatoms. The highest BCUT2D eigenvalue weighted by Crippen LogP contribution is 2.28. The molecule has 0 saturated heterocycles. The first kappa shape index (κ1) is 16.1. The van der Waals surface area contributed by atoms with Crippen molar-refractivity contribution in [1.82, 2.24) is 10.6 Å². The highest BCUT2D eigenvalue weighted by atomic mass is 35.5. The van der Waals surface area contributed by atoms with Gasteiger partial charge in [0.15, 0.2) is 0 Å². The zero-order valence-electron chi connectivity index (χ0n) is 12.9. The molecule has 0 heterocycles. The van der Waals surface area contributed by atoms with Crippen LogP contribution in [0, 0.1) is 0 Å². The first-order chi connectivity index (χ1) is 9.76. The molecule has 1 fully saturated rings. The molecule has 1 saturated carbocycles. The fraction of sp³-hybridized carbons (Fsp3) is 0.562. The second kappa shape index (κ2) is 6.24. The van der Waals surface area contributed by atoms with E-state index in [4.69, 9.17) is 16.3 Å². The zero-order chi connectivity index (χ0) is 15.6. The summed E-state index contributed by atoms with van der Waals surface area (Å²) < 4.78 is 5.25. The third kappa shape index (κ3) is 4.90. The van der Waals surface area contributed by atoms with Crippen molar-refractivity contribution >= 4 is 17.7 Å². The van der Waals surface area contributed by atoms with Crippen molar-refractivity contribution in [2.75, 3.05) is 0 Å². The van der Waals surface area contributed by atoms with Gasteiger partial charge in [0.1, 0.15) is 5.60 Å². The monoisotopic (exact) mass is 310 g/mol. The number of rotatable bonds is 4. The predicted octanol–water partition coefficient (Wildman–Crippen LogP) is 3.66. The summed E-state index contributed by atoms with van der Waals surface area (Å²) in [6, 6.07) is 8.34. The summed E-state index contributed by atoms with van der Waals surface area (Å²) in [4.78, 5) is 11.7. The summed E-state index contributed by atoms with van der Waals surface area (Å²) in [7, 11) is 0. The van der Waals surface area contributed by atoms with Gasteiger partial charge in [0.25, 0.3) is 0 Å². The Balaban J connectivity index is 1.80. The molecule has 1 aromatic carbocycles. The van der Waals surface area contributed by atoms with Crippen LogP contribution in [0.5, 0.6) is 0 Å². The molecule has 0 aromatic heterocycles. The number of carbonyl (C=O) groups is 1. The van der Waals surface area contributed by atoms with Gasteiger partial charge in [0, 0.05) is 23.1 Å². The lowest BCUT2D eigenvalue weighted by Gasteiger charge is -2.20. The summed E-state index contributed by atoms with van der Waals surface area (Å²) in [5.74, 6) is 0. The minimum Gasteiger partial charge on any atom is -0.444 e. The second-order valence-electron chi connectivity index (χ2n) is 6.50. The van der Waals surface area contributed by atoms with Crippen LogP contribution < -0.4 is 10.6 Å². The number of nitrogens with one attached hydrogen (secondary N) is 2. The van der Waals surface area contributed by atoms with E-state index in [0.717, 1.165) is 17.0 Å². The molecular weight excluding hydrogens is 288 g/mol. The van der Waals surface area contributed by atoms with Crippen LogP contribution in [0.15, 0.2) is 24.3 Å². The van der Waals surface area contributed by atoms with Crippen LogP contribution in [0.25, 0.3) is 0 Å². The number of amides is 1. The standard InChI is InChI=1S/C16H23ClN2O2/c1-10(11-7-5-6-8-12(11)17)18-13-9-14(13)19-15(20)21-16(2,3)4/h5-8,10,13-14,18H,9H2,1-4H3,(H,19,20).